The molecule has 1 atom stereocenters. The van der Waals surface area contributed by atoms with Crippen molar-refractivity contribution in [3.63, 3.8) is 0 Å². The van der Waals surface area contributed by atoms with E-state index >= 15 is 0 Å². The maximum atomic E-state index is 11.9. The van der Waals surface area contributed by atoms with Crippen LogP contribution < -0.4 is 16.4 Å². The summed E-state index contributed by atoms with van der Waals surface area (Å²) in [6, 6.07) is 8.33. The highest BCUT2D eigenvalue weighted by molar-refractivity contribution is 7.10. The third-order valence-electron chi connectivity index (χ3n) is 4.15. The number of aryl methyl sites for hydroxylation is 1. The number of nitrogen functional groups attached to an aromatic ring is 1. The summed E-state index contributed by atoms with van der Waals surface area (Å²) >= 11 is 1.68. The van der Waals surface area contributed by atoms with Crippen molar-refractivity contribution in [1.29, 1.82) is 0 Å². The molecule has 1 heterocycles. The van der Waals surface area contributed by atoms with Gasteiger partial charge in [-0.05, 0) is 68.3 Å². The van der Waals surface area contributed by atoms with E-state index in [9.17, 15) is 4.79 Å². The predicted molar refractivity (Wildman–Crippen MR) is 103 cm³/mol. The zero-order valence-electron chi connectivity index (χ0n) is 14.9. The smallest absolute Gasteiger partial charge is 0.412 e. The molecule has 2 aromatic rings. The van der Waals surface area contributed by atoms with E-state index in [1.165, 1.54) is 16.0 Å². The molecule has 0 spiro atoms. The minimum atomic E-state index is -0.501. The first-order valence-electron chi connectivity index (χ1n) is 8.50. The number of benzene rings is 1. The van der Waals surface area contributed by atoms with Gasteiger partial charge in [0.2, 0.25) is 0 Å². The van der Waals surface area contributed by atoms with E-state index in [-0.39, 0.29) is 0 Å². The number of hydrogen-bond donors (Lipinski definition) is 3. The van der Waals surface area contributed by atoms with E-state index < -0.39 is 11.7 Å². The number of anilines is 2. The van der Waals surface area contributed by atoms with Crippen LogP contribution in [0.15, 0.2) is 29.6 Å². The van der Waals surface area contributed by atoms with Crippen LogP contribution in [0.25, 0.3) is 0 Å². The van der Waals surface area contributed by atoms with E-state index in [0.717, 1.165) is 30.8 Å². The molecule has 25 heavy (non-hydrogen) atoms. The molecule has 1 unspecified atom stereocenters. The first-order chi connectivity index (χ1) is 11.8. The fourth-order valence-corrected chi connectivity index (χ4v) is 3.79. The van der Waals surface area contributed by atoms with Gasteiger partial charge in [-0.25, -0.2) is 4.79 Å². The molecule has 1 aromatic carbocycles. The maximum absolute atomic E-state index is 11.9. The summed E-state index contributed by atoms with van der Waals surface area (Å²) in [6.07, 6.45) is 1.63. The molecule has 3 rings (SSSR count). The molecule has 0 aliphatic heterocycles. The first kappa shape index (κ1) is 17.8. The standard InChI is InChI=1S/C19H25N3O2S/c1-19(2,3)24-18(23)22-13-5-6-14-12(10-13)4-7-16(14)21-11-17-15(20)8-9-25-17/h5-6,8-10,16,21H,4,7,11,20H2,1-3H3,(H,22,23). The van der Waals surface area contributed by atoms with E-state index in [0.29, 0.717) is 6.04 Å². The molecule has 0 radical (unpaired) electrons. The summed E-state index contributed by atoms with van der Waals surface area (Å²) in [5.74, 6) is 0. The quantitative estimate of drug-likeness (QED) is 0.753. The third-order valence-corrected chi connectivity index (χ3v) is 5.09. The zero-order chi connectivity index (χ0) is 18.0. The molecule has 4 N–H and O–H groups in total. The van der Waals surface area contributed by atoms with Crippen LogP contribution in [0.5, 0.6) is 0 Å². The number of ether oxygens (including phenoxy) is 1. The first-order valence-corrected chi connectivity index (χ1v) is 9.38. The third kappa shape index (κ3) is 4.52. The molecule has 6 heteroatoms. The van der Waals surface area contributed by atoms with E-state index in [1.807, 2.05) is 44.4 Å². The van der Waals surface area contributed by atoms with Crippen LogP contribution in [0.1, 0.15) is 49.2 Å². The molecule has 1 amide bonds. The van der Waals surface area contributed by atoms with Gasteiger partial charge in [-0.1, -0.05) is 6.07 Å². The number of carbonyl (C=O) groups excluding carboxylic acids is 1. The molecular formula is C19H25N3O2S. The number of rotatable bonds is 4. The van der Waals surface area contributed by atoms with Gasteiger partial charge in [0.05, 0.1) is 0 Å². The lowest BCUT2D eigenvalue weighted by Gasteiger charge is -2.20. The average Bonchev–Trinajstić information content (AvgIpc) is 3.09. The Morgan fingerprint density at radius 1 is 1.36 bits per heavy atom. The zero-order valence-corrected chi connectivity index (χ0v) is 15.7. The fourth-order valence-electron chi connectivity index (χ4n) is 3.04. The number of thiophene rings is 1. The highest BCUT2D eigenvalue weighted by Gasteiger charge is 2.23. The molecule has 0 saturated heterocycles. The molecule has 5 nitrogen and oxygen atoms in total. The lowest BCUT2D eigenvalue weighted by atomic mass is 10.1. The predicted octanol–water partition coefficient (Wildman–Crippen LogP) is 4.45. The van der Waals surface area contributed by atoms with Gasteiger partial charge < -0.3 is 15.8 Å². The summed E-state index contributed by atoms with van der Waals surface area (Å²) in [5, 5.41) is 8.42. The fraction of sp³-hybridized carbons (Fsp3) is 0.421. The van der Waals surface area contributed by atoms with Gasteiger partial charge in [0.25, 0.3) is 0 Å². The summed E-state index contributed by atoms with van der Waals surface area (Å²) in [5.41, 5.74) is 9.64. The molecule has 134 valence electrons. The van der Waals surface area contributed by atoms with Gasteiger partial charge >= 0.3 is 6.09 Å². The minimum Gasteiger partial charge on any atom is -0.444 e. The van der Waals surface area contributed by atoms with Crippen molar-refractivity contribution in [3.8, 4) is 0 Å². The Hall–Kier alpha value is -2.05. The van der Waals surface area contributed by atoms with Gasteiger partial charge in [-0.2, -0.15) is 0 Å². The summed E-state index contributed by atoms with van der Waals surface area (Å²) in [7, 11) is 0. The van der Waals surface area contributed by atoms with Crippen molar-refractivity contribution < 1.29 is 9.53 Å². The van der Waals surface area contributed by atoms with E-state index in [1.54, 1.807) is 11.3 Å². The summed E-state index contributed by atoms with van der Waals surface area (Å²) in [6.45, 7) is 6.34. The second kappa shape index (κ2) is 7.06. The SMILES string of the molecule is CC(C)(C)OC(=O)Nc1ccc2c(c1)CCC2NCc1sccc1N. The van der Waals surface area contributed by atoms with Crippen LogP contribution in [0.3, 0.4) is 0 Å². The van der Waals surface area contributed by atoms with Gasteiger partial charge in [0.15, 0.2) is 0 Å². The molecule has 1 aromatic heterocycles. The number of amides is 1. The Morgan fingerprint density at radius 2 is 2.16 bits per heavy atom. The molecular weight excluding hydrogens is 334 g/mol. The number of carbonyl (C=O) groups is 1. The Labute approximate surface area is 152 Å². The van der Waals surface area contributed by atoms with Gasteiger partial charge in [0, 0.05) is 28.8 Å². The normalized spacial score (nSPS) is 16.5. The van der Waals surface area contributed by atoms with Crippen molar-refractivity contribution in [3.05, 3.63) is 45.6 Å². The van der Waals surface area contributed by atoms with Crippen LogP contribution >= 0.6 is 11.3 Å². The Kier molecular flexibility index (Phi) is 5.01. The number of nitrogens with two attached hydrogens (primary N) is 1. The molecule has 0 saturated carbocycles. The second-order valence-electron chi connectivity index (χ2n) is 7.31. The average molecular weight is 359 g/mol. The minimum absolute atomic E-state index is 0.326. The monoisotopic (exact) mass is 359 g/mol. The molecule has 1 aliphatic rings. The topological polar surface area (TPSA) is 76.4 Å². The summed E-state index contributed by atoms with van der Waals surface area (Å²) in [4.78, 5) is 13.1. The lowest BCUT2D eigenvalue weighted by Crippen LogP contribution is -2.27. The van der Waals surface area contributed by atoms with Crippen LogP contribution in [-0.4, -0.2) is 11.7 Å². The van der Waals surface area contributed by atoms with Crippen LogP contribution in [0, 0.1) is 0 Å². The number of hydrogen-bond acceptors (Lipinski definition) is 5. The van der Waals surface area contributed by atoms with Crippen molar-refractivity contribution in [1.82, 2.24) is 5.32 Å². The summed E-state index contributed by atoms with van der Waals surface area (Å²) < 4.78 is 5.30. The Bertz CT molecular complexity index is 764. The largest absolute Gasteiger partial charge is 0.444 e. The number of fused-ring (bicyclic) bond motifs is 1. The van der Waals surface area contributed by atoms with E-state index in [4.69, 9.17) is 10.5 Å². The van der Waals surface area contributed by atoms with Crippen molar-refractivity contribution in [2.75, 3.05) is 11.1 Å². The highest BCUT2D eigenvalue weighted by Crippen LogP contribution is 2.33. The Morgan fingerprint density at radius 3 is 2.84 bits per heavy atom. The van der Waals surface area contributed by atoms with Gasteiger partial charge in [-0.3, -0.25) is 5.32 Å². The van der Waals surface area contributed by atoms with Crippen LogP contribution in [0.2, 0.25) is 0 Å². The molecule has 1 aliphatic carbocycles. The van der Waals surface area contributed by atoms with Crippen molar-refractivity contribution >= 4 is 28.8 Å². The van der Waals surface area contributed by atoms with Crippen molar-refractivity contribution in [2.24, 2.45) is 0 Å². The van der Waals surface area contributed by atoms with E-state index in [2.05, 4.69) is 16.7 Å². The van der Waals surface area contributed by atoms with Gasteiger partial charge in [0.1, 0.15) is 5.60 Å². The van der Waals surface area contributed by atoms with Crippen LogP contribution in [-0.2, 0) is 17.7 Å². The second-order valence-corrected chi connectivity index (χ2v) is 8.31. The maximum Gasteiger partial charge on any atom is 0.412 e. The lowest BCUT2D eigenvalue weighted by molar-refractivity contribution is 0.0636. The Balaban J connectivity index is 1.62. The molecule has 0 fully saturated rings. The van der Waals surface area contributed by atoms with Crippen LogP contribution in [0.4, 0.5) is 16.2 Å². The highest BCUT2D eigenvalue weighted by atomic mass is 32.1. The van der Waals surface area contributed by atoms with Gasteiger partial charge in [-0.15, -0.1) is 11.3 Å². The number of nitrogens with one attached hydrogen (secondary N) is 2. The van der Waals surface area contributed by atoms with Crippen molar-refractivity contribution in [2.45, 2.75) is 51.8 Å². The molecule has 0 bridgehead atoms.